The van der Waals surface area contributed by atoms with Crippen molar-refractivity contribution in [1.29, 1.82) is 0 Å². The average molecular weight is 1060 g/mol. The molecule has 1 unspecified atom stereocenters. The Balaban J connectivity index is 1.66. The van der Waals surface area contributed by atoms with Gasteiger partial charge in [-0.05, 0) is 183 Å². The summed E-state index contributed by atoms with van der Waals surface area (Å²) in [5.41, 5.74) is 11.6. The van der Waals surface area contributed by atoms with E-state index in [0.29, 0.717) is 17.2 Å². The van der Waals surface area contributed by atoms with E-state index in [9.17, 15) is 9.59 Å². The van der Waals surface area contributed by atoms with E-state index < -0.39 is 18.0 Å². The molecule has 0 aromatic heterocycles. The van der Waals surface area contributed by atoms with E-state index >= 15 is 0 Å². The number of halogens is 4. The third kappa shape index (κ3) is 11.5. The van der Waals surface area contributed by atoms with Crippen LogP contribution in [-0.4, -0.2) is 23.1 Å². The van der Waals surface area contributed by atoms with E-state index in [-0.39, 0.29) is 11.8 Å². The Hall–Kier alpha value is -1.24. The van der Waals surface area contributed by atoms with E-state index in [1.165, 1.54) is 36.5 Å². The van der Waals surface area contributed by atoms with Crippen molar-refractivity contribution in [1.82, 2.24) is 0 Å². The van der Waals surface area contributed by atoms with Crippen molar-refractivity contribution in [2.75, 3.05) is 0 Å². The third-order valence-corrected chi connectivity index (χ3v) is 10.5. The fourth-order valence-electron chi connectivity index (χ4n) is 4.98. The van der Waals surface area contributed by atoms with Crippen molar-refractivity contribution < 1.29 is 24.2 Å². The Labute approximate surface area is 320 Å². The van der Waals surface area contributed by atoms with Gasteiger partial charge in [0.25, 0.3) is 0 Å². The van der Waals surface area contributed by atoms with E-state index in [4.69, 9.17) is 20.3 Å². The number of aliphatic carboxylic acids is 1. The van der Waals surface area contributed by atoms with Gasteiger partial charge in [0.2, 0.25) is 0 Å². The molecule has 0 fully saturated rings. The first-order chi connectivity index (χ1) is 21.1. The standard InChI is InChI=1S/C35H37I4NO5/c1-20(11-12-25-22(3)10-7-13-35(25,4)5)8-6-9-21(2)14-31(41)45-33-28(38)18-24(19-29(33)39)44-32-26(36)15-23(16-27(32)37)17-30(40)34(42)43/h6,8-9,11-12,14-16,18-19,30H,7,10,13,17,40H2,1-5H3,(H,42,43). The molecule has 0 amide bonds. The molecule has 2 aromatic rings. The molecule has 45 heavy (non-hydrogen) atoms. The number of carboxylic acids is 1. The van der Waals surface area contributed by atoms with Gasteiger partial charge in [0, 0.05) is 6.08 Å². The number of hydrogen-bond acceptors (Lipinski definition) is 5. The van der Waals surface area contributed by atoms with Crippen LogP contribution in [0.4, 0.5) is 0 Å². The molecule has 1 aliphatic carbocycles. The van der Waals surface area contributed by atoms with E-state index in [2.05, 4.69) is 130 Å². The Morgan fingerprint density at radius 3 is 2.16 bits per heavy atom. The summed E-state index contributed by atoms with van der Waals surface area (Å²) in [6.45, 7) is 10.8. The lowest BCUT2D eigenvalue weighted by molar-refractivity contribution is -0.138. The molecule has 0 aliphatic heterocycles. The van der Waals surface area contributed by atoms with Crippen LogP contribution in [0, 0.1) is 19.7 Å². The number of carbonyl (C=O) groups excluding carboxylic acids is 1. The molecule has 3 rings (SSSR count). The van der Waals surface area contributed by atoms with Crippen LogP contribution < -0.4 is 15.2 Å². The van der Waals surface area contributed by atoms with Gasteiger partial charge in [-0.1, -0.05) is 55.4 Å². The topological polar surface area (TPSA) is 98.9 Å². The quantitative estimate of drug-likeness (QED) is 0.0765. The summed E-state index contributed by atoms with van der Waals surface area (Å²) in [6.07, 6.45) is 15.6. The Morgan fingerprint density at radius 1 is 0.978 bits per heavy atom. The molecule has 0 spiro atoms. The maximum atomic E-state index is 12.8. The van der Waals surface area contributed by atoms with Crippen molar-refractivity contribution in [2.24, 2.45) is 11.1 Å². The zero-order valence-electron chi connectivity index (χ0n) is 25.8. The first-order valence-corrected chi connectivity index (χ1v) is 18.7. The van der Waals surface area contributed by atoms with Gasteiger partial charge in [0.15, 0.2) is 11.5 Å². The lowest BCUT2D eigenvalue weighted by atomic mass is 9.72. The number of ether oxygens (including phenoxy) is 2. The highest BCUT2D eigenvalue weighted by molar-refractivity contribution is 14.1. The first kappa shape index (κ1) is 38.2. The van der Waals surface area contributed by atoms with Crippen molar-refractivity contribution in [3.8, 4) is 17.2 Å². The normalized spacial score (nSPS) is 16.4. The second-order valence-electron chi connectivity index (χ2n) is 11.7. The number of carboxylic acid groups (broad SMARTS) is 1. The Kier molecular flexibility index (Phi) is 14.6. The smallest absolute Gasteiger partial charge is 0.336 e. The molecular formula is C35H37I4NO5. The molecule has 10 heteroatoms. The van der Waals surface area contributed by atoms with Crippen LogP contribution in [0.5, 0.6) is 17.2 Å². The highest BCUT2D eigenvalue weighted by atomic mass is 127. The van der Waals surface area contributed by atoms with E-state index in [0.717, 1.165) is 31.0 Å². The zero-order valence-corrected chi connectivity index (χ0v) is 34.5. The van der Waals surface area contributed by atoms with Gasteiger partial charge in [0.05, 0.1) is 14.3 Å². The molecular weight excluding hydrogens is 1020 g/mol. The number of rotatable bonds is 11. The largest absolute Gasteiger partial charge is 0.480 e. The fourth-order valence-corrected chi connectivity index (χ4v) is 9.02. The molecule has 3 N–H and O–H groups in total. The number of nitrogens with two attached hydrogens (primary N) is 1. The van der Waals surface area contributed by atoms with Crippen LogP contribution in [0.1, 0.15) is 59.4 Å². The fraction of sp³-hybridized carbons (Fsp3) is 0.314. The van der Waals surface area contributed by atoms with Crippen molar-refractivity contribution in [3.05, 3.63) is 103 Å². The maximum Gasteiger partial charge on any atom is 0.336 e. The predicted molar refractivity (Wildman–Crippen MR) is 215 cm³/mol. The first-order valence-electron chi connectivity index (χ1n) is 14.3. The monoisotopic (exact) mass is 1060 g/mol. The molecule has 1 atom stereocenters. The minimum atomic E-state index is -1.04. The minimum absolute atomic E-state index is 0.211. The van der Waals surface area contributed by atoms with Crippen molar-refractivity contribution in [2.45, 2.75) is 66.3 Å². The van der Waals surface area contributed by atoms with Gasteiger partial charge in [-0.15, -0.1) is 0 Å². The second kappa shape index (κ2) is 17.2. The Bertz CT molecular complexity index is 1570. The molecule has 0 saturated carbocycles. The molecule has 0 bridgehead atoms. The van der Waals surface area contributed by atoms with Gasteiger partial charge >= 0.3 is 11.9 Å². The molecule has 2 aromatic carbocycles. The van der Waals surface area contributed by atoms with E-state index in [1.807, 2.05) is 49.4 Å². The van der Waals surface area contributed by atoms with Crippen LogP contribution in [0.3, 0.4) is 0 Å². The summed E-state index contributed by atoms with van der Waals surface area (Å²) in [4.78, 5) is 23.9. The SMILES string of the molecule is CC(C=CC1=C(C)CCCC1(C)C)=CC=CC(C)=CC(=O)Oc1c(I)cc(Oc2c(I)cc(CC(N)C(=O)O)cc2I)cc1I. The van der Waals surface area contributed by atoms with Crippen molar-refractivity contribution >= 4 is 102 Å². The molecule has 0 heterocycles. The van der Waals surface area contributed by atoms with Crippen LogP contribution in [0.25, 0.3) is 0 Å². The summed E-state index contributed by atoms with van der Waals surface area (Å²) in [5.74, 6) is 0.239. The van der Waals surface area contributed by atoms with Crippen molar-refractivity contribution in [3.63, 3.8) is 0 Å². The zero-order chi connectivity index (χ0) is 33.5. The molecule has 0 saturated heterocycles. The van der Waals surface area contributed by atoms with Crippen LogP contribution in [-0.2, 0) is 16.0 Å². The highest BCUT2D eigenvalue weighted by Gasteiger charge is 2.26. The Morgan fingerprint density at radius 2 is 1.58 bits per heavy atom. The third-order valence-electron chi connectivity index (χ3n) is 7.34. The number of hydrogen-bond donors (Lipinski definition) is 2. The summed E-state index contributed by atoms with van der Waals surface area (Å²) in [6, 6.07) is 6.41. The van der Waals surface area contributed by atoms with Gasteiger partial charge in [-0.2, -0.15) is 0 Å². The molecule has 6 nitrogen and oxygen atoms in total. The van der Waals surface area contributed by atoms with Gasteiger partial charge in [-0.3, -0.25) is 4.79 Å². The van der Waals surface area contributed by atoms with Gasteiger partial charge in [0.1, 0.15) is 11.8 Å². The molecule has 240 valence electrons. The van der Waals surface area contributed by atoms with Crippen LogP contribution in [0.15, 0.2) is 83.0 Å². The second-order valence-corrected chi connectivity index (χ2v) is 16.3. The summed E-state index contributed by atoms with van der Waals surface area (Å²) in [5, 5.41) is 9.13. The minimum Gasteiger partial charge on any atom is -0.480 e. The van der Waals surface area contributed by atoms with E-state index in [1.54, 1.807) is 0 Å². The maximum absolute atomic E-state index is 12.8. The lowest BCUT2D eigenvalue weighted by Crippen LogP contribution is -2.32. The number of esters is 1. The summed E-state index contributed by atoms with van der Waals surface area (Å²) < 4.78 is 15.1. The number of carbonyl (C=O) groups is 2. The molecule has 0 radical (unpaired) electrons. The summed E-state index contributed by atoms with van der Waals surface area (Å²) >= 11 is 8.60. The lowest BCUT2D eigenvalue weighted by Gasteiger charge is -2.32. The number of allylic oxidation sites excluding steroid dienone is 9. The van der Waals surface area contributed by atoms with Gasteiger partial charge in [-0.25, -0.2) is 4.79 Å². The summed E-state index contributed by atoms with van der Waals surface area (Å²) in [7, 11) is 0. The average Bonchev–Trinajstić information content (AvgIpc) is 2.92. The number of benzene rings is 2. The van der Waals surface area contributed by atoms with Gasteiger partial charge < -0.3 is 20.3 Å². The molecule has 1 aliphatic rings. The predicted octanol–water partition coefficient (Wildman–Crippen LogP) is 10.3. The van der Waals surface area contributed by atoms with Crippen LogP contribution in [0.2, 0.25) is 0 Å². The highest BCUT2D eigenvalue weighted by Crippen LogP contribution is 2.41. The van der Waals surface area contributed by atoms with Crippen LogP contribution >= 0.6 is 90.4 Å².